The van der Waals surface area contributed by atoms with Crippen LogP contribution in [0.1, 0.15) is 23.4 Å². The fourth-order valence-corrected chi connectivity index (χ4v) is 2.21. The van der Waals surface area contributed by atoms with Crippen molar-refractivity contribution in [2.45, 2.75) is 12.3 Å². The van der Waals surface area contributed by atoms with Crippen LogP contribution in [-0.4, -0.2) is 6.61 Å². The highest BCUT2D eigenvalue weighted by molar-refractivity contribution is 6.22. The van der Waals surface area contributed by atoms with Crippen LogP contribution in [0.2, 0.25) is 0 Å². The zero-order valence-corrected chi connectivity index (χ0v) is 11.1. The van der Waals surface area contributed by atoms with E-state index in [2.05, 4.69) is 0 Å². The number of benzene rings is 2. The topological polar surface area (TPSA) is 9.23 Å². The molecule has 0 fully saturated rings. The van der Waals surface area contributed by atoms with Crippen molar-refractivity contribution in [1.29, 1.82) is 0 Å². The average Bonchev–Trinajstić information content (AvgIpc) is 2.39. The summed E-state index contributed by atoms with van der Waals surface area (Å²) in [6, 6.07) is 10.5. The lowest BCUT2D eigenvalue weighted by molar-refractivity contribution is 0.336. The van der Waals surface area contributed by atoms with Crippen molar-refractivity contribution in [1.82, 2.24) is 0 Å². The van der Waals surface area contributed by atoms with Gasteiger partial charge < -0.3 is 4.74 Å². The fourth-order valence-electron chi connectivity index (χ4n) is 1.85. The molecule has 0 amide bonds. The van der Waals surface area contributed by atoms with Gasteiger partial charge in [-0.25, -0.2) is 8.78 Å². The van der Waals surface area contributed by atoms with Gasteiger partial charge in [0, 0.05) is 17.2 Å². The molecular weight excluding hydrogens is 270 g/mol. The first-order chi connectivity index (χ1) is 9.13. The molecule has 4 heteroatoms. The quantitative estimate of drug-likeness (QED) is 0.739. The molecule has 2 aromatic carbocycles. The number of halogens is 3. The molecule has 0 aromatic heterocycles. The van der Waals surface area contributed by atoms with Crippen LogP contribution < -0.4 is 4.74 Å². The van der Waals surface area contributed by atoms with E-state index in [0.717, 1.165) is 6.07 Å². The first-order valence-electron chi connectivity index (χ1n) is 5.94. The molecule has 2 aromatic rings. The highest BCUT2D eigenvalue weighted by Crippen LogP contribution is 2.36. The van der Waals surface area contributed by atoms with E-state index in [-0.39, 0.29) is 5.56 Å². The van der Waals surface area contributed by atoms with Crippen LogP contribution in [0.3, 0.4) is 0 Å². The van der Waals surface area contributed by atoms with Gasteiger partial charge in [0.2, 0.25) is 0 Å². The highest BCUT2D eigenvalue weighted by Gasteiger charge is 2.19. The van der Waals surface area contributed by atoms with Gasteiger partial charge in [-0.15, -0.1) is 11.6 Å². The second-order valence-electron chi connectivity index (χ2n) is 4.00. The van der Waals surface area contributed by atoms with Crippen LogP contribution in [0.5, 0.6) is 5.75 Å². The molecule has 0 radical (unpaired) electrons. The van der Waals surface area contributed by atoms with Crippen LogP contribution >= 0.6 is 11.6 Å². The highest BCUT2D eigenvalue weighted by atomic mass is 35.5. The van der Waals surface area contributed by atoms with Crippen LogP contribution in [0.25, 0.3) is 0 Å². The summed E-state index contributed by atoms with van der Waals surface area (Å²) < 4.78 is 32.1. The molecule has 0 heterocycles. The Hall–Kier alpha value is -1.61. The third-order valence-electron chi connectivity index (χ3n) is 2.73. The van der Waals surface area contributed by atoms with E-state index in [0.29, 0.717) is 17.9 Å². The average molecular weight is 283 g/mol. The third-order valence-corrected chi connectivity index (χ3v) is 3.20. The zero-order chi connectivity index (χ0) is 13.8. The van der Waals surface area contributed by atoms with Crippen LogP contribution in [0, 0.1) is 11.6 Å². The summed E-state index contributed by atoms with van der Waals surface area (Å²) in [6.07, 6.45) is 0. The smallest absolute Gasteiger partial charge is 0.131 e. The molecular formula is C15H13ClF2O. The molecule has 1 atom stereocenters. The minimum Gasteiger partial charge on any atom is -0.494 e. The Kier molecular flexibility index (Phi) is 4.38. The van der Waals surface area contributed by atoms with Crippen LogP contribution in [0.15, 0.2) is 42.5 Å². The Morgan fingerprint density at radius 3 is 2.53 bits per heavy atom. The molecule has 0 N–H and O–H groups in total. The summed E-state index contributed by atoms with van der Waals surface area (Å²) in [5.41, 5.74) is 0.895. The Morgan fingerprint density at radius 1 is 1.11 bits per heavy atom. The van der Waals surface area contributed by atoms with E-state index in [4.69, 9.17) is 16.3 Å². The molecule has 1 nitrogen and oxygen atoms in total. The number of rotatable bonds is 4. The molecule has 1 unspecified atom stereocenters. The van der Waals surface area contributed by atoms with Gasteiger partial charge in [-0.2, -0.15) is 0 Å². The molecule has 19 heavy (non-hydrogen) atoms. The maximum atomic E-state index is 13.7. The standard InChI is InChI=1S/C15H13ClF2O/c1-2-19-14-6-4-3-5-12(14)15(16)11-8-7-10(17)9-13(11)18/h3-9,15H,2H2,1H3. The van der Waals surface area contributed by atoms with E-state index in [1.807, 2.05) is 13.0 Å². The van der Waals surface area contributed by atoms with Crippen LogP contribution in [0.4, 0.5) is 8.78 Å². The van der Waals surface area contributed by atoms with Gasteiger partial charge in [0.25, 0.3) is 0 Å². The van der Waals surface area contributed by atoms with E-state index in [1.54, 1.807) is 18.2 Å². The Bertz CT molecular complexity index is 572. The van der Waals surface area contributed by atoms with Crippen molar-refractivity contribution in [3.8, 4) is 5.75 Å². The SMILES string of the molecule is CCOc1ccccc1C(Cl)c1ccc(F)cc1F. The molecule has 0 spiro atoms. The maximum Gasteiger partial charge on any atom is 0.131 e. The van der Waals surface area contributed by atoms with E-state index >= 15 is 0 Å². The lowest BCUT2D eigenvalue weighted by Crippen LogP contribution is -2.02. The van der Waals surface area contributed by atoms with Crippen LogP contribution in [-0.2, 0) is 0 Å². The second-order valence-corrected chi connectivity index (χ2v) is 4.44. The molecule has 0 aliphatic rings. The summed E-state index contributed by atoms with van der Waals surface area (Å²) in [7, 11) is 0. The predicted octanol–water partition coefficient (Wildman–Crippen LogP) is 4.69. The van der Waals surface area contributed by atoms with Gasteiger partial charge >= 0.3 is 0 Å². The van der Waals surface area contributed by atoms with E-state index in [1.165, 1.54) is 12.1 Å². The normalized spacial score (nSPS) is 12.2. The molecule has 0 aliphatic carbocycles. The van der Waals surface area contributed by atoms with Crippen molar-refractivity contribution in [2.75, 3.05) is 6.61 Å². The monoisotopic (exact) mass is 282 g/mol. The van der Waals surface area contributed by atoms with Crippen molar-refractivity contribution in [2.24, 2.45) is 0 Å². The lowest BCUT2D eigenvalue weighted by Gasteiger charge is -2.15. The predicted molar refractivity (Wildman–Crippen MR) is 71.7 cm³/mol. The number of alkyl halides is 1. The lowest BCUT2D eigenvalue weighted by atomic mass is 10.0. The number of ether oxygens (including phenoxy) is 1. The molecule has 100 valence electrons. The van der Waals surface area contributed by atoms with Gasteiger partial charge in [-0.3, -0.25) is 0 Å². The Morgan fingerprint density at radius 2 is 1.84 bits per heavy atom. The first-order valence-corrected chi connectivity index (χ1v) is 6.38. The Balaban J connectivity index is 2.41. The summed E-state index contributed by atoms with van der Waals surface area (Å²) in [5.74, 6) is -0.678. The Labute approximate surface area is 115 Å². The van der Waals surface area contributed by atoms with E-state index < -0.39 is 17.0 Å². The first kappa shape index (κ1) is 13.8. The summed E-state index contributed by atoms with van der Waals surface area (Å²) in [6.45, 7) is 2.35. The largest absolute Gasteiger partial charge is 0.494 e. The minimum absolute atomic E-state index is 0.232. The summed E-state index contributed by atoms with van der Waals surface area (Å²) in [4.78, 5) is 0. The number of para-hydroxylation sites is 1. The van der Waals surface area contributed by atoms with Gasteiger partial charge in [-0.05, 0) is 19.1 Å². The summed E-state index contributed by atoms with van der Waals surface area (Å²) in [5, 5.41) is -0.719. The van der Waals surface area contributed by atoms with Gasteiger partial charge in [-0.1, -0.05) is 24.3 Å². The van der Waals surface area contributed by atoms with Gasteiger partial charge in [0.05, 0.1) is 12.0 Å². The van der Waals surface area contributed by atoms with Crippen molar-refractivity contribution >= 4 is 11.6 Å². The molecule has 0 saturated heterocycles. The molecule has 2 rings (SSSR count). The number of hydrogen-bond acceptors (Lipinski definition) is 1. The fraction of sp³-hybridized carbons (Fsp3) is 0.200. The van der Waals surface area contributed by atoms with Gasteiger partial charge in [0.1, 0.15) is 17.4 Å². The minimum atomic E-state index is -0.719. The third kappa shape index (κ3) is 3.04. The molecule has 0 bridgehead atoms. The second kappa shape index (κ2) is 6.02. The van der Waals surface area contributed by atoms with Crippen molar-refractivity contribution < 1.29 is 13.5 Å². The van der Waals surface area contributed by atoms with E-state index in [9.17, 15) is 8.78 Å². The zero-order valence-electron chi connectivity index (χ0n) is 10.4. The maximum absolute atomic E-state index is 13.7. The van der Waals surface area contributed by atoms with Crippen molar-refractivity contribution in [3.63, 3.8) is 0 Å². The van der Waals surface area contributed by atoms with Crippen molar-refractivity contribution in [3.05, 3.63) is 65.2 Å². The molecule has 0 saturated carbocycles. The van der Waals surface area contributed by atoms with Gasteiger partial charge in [0.15, 0.2) is 0 Å². The summed E-state index contributed by atoms with van der Waals surface area (Å²) >= 11 is 6.29. The molecule has 0 aliphatic heterocycles. The number of hydrogen-bond donors (Lipinski definition) is 0.